The van der Waals surface area contributed by atoms with E-state index in [4.69, 9.17) is 4.98 Å². The number of amides is 1. The Bertz CT molecular complexity index is 1370. The van der Waals surface area contributed by atoms with Gasteiger partial charge in [-0.05, 0) is 49.9 Å². The normalized spacial score (nSPS) is 14.7. The van der Waals surface area contributed by atoms with Crippen LogP contribution < -0.4 is 5.56 Å². The van der Waals surface area contributed by atoms with E-state index < -0.39 is 0 Å². The molecule has 4 aromatic rings. The maximum Gasteiger partial charge on any atom is 0.281 e. The summed E-state index contributed by atoms with van der Waals surface area (Å²) in [5.74, 6) is 0.761. The quantitative estimate of drug-likeness (QED) is 0.524. The Morgan fingerprint density at radius 2 is 1.85 bits per heavy atom. The SMILES string of the molecule is Cc1ccc(C)c(Cn2nnc3c(=O)[nH]c(C4CCN(C(=O)c5ccccc5)CC4)nc32)c1. The molecule has 2 aromatic carbocycles. The summed E-state index contributed by atoms with van der Waals surface area (Å²) in [6.45, 7) is 5.87. The fourth-order valence-corrected chi connectivity index (χ4v) is 4.43. The molecule has 1 aliphatic rings. The standard InChI is InChI=1S/C25H26N6O2/c1-16-8-9-17(2)20(14-16)15-31-23-21(28-29-31)24(32)27-22(26-23)18-10-12-30(13-11-18)25(33)19-6-4-3-5-7-19/h3-9,14,18H,10-13,15H2,1-2H3,(H,26,27,32). The van der Waals surface area contributed by atoms with Gasteiger partial charge in [0.15, 0.2) is 11.2 Å². The van der Waals surface area contributed by atoms with Crippen molar-refractivity contribution in [1.29, 1.82) is 0 Å². The molecule has 0 atom stereocenters. The van der Waals surface area contributed by atoms with Crippen molar-refractivity contribution in [2.24, 2.45) is 0 Å². The summed E-state index contributed by atoms with van der Waals surface area (Å²) >= 11 is 0. The second-order valence-corrected chi connectivity index (χ2v) is 8.73. The number of rotatable bonds is 4. The topological polar surface area (TPSA) is 96.8 Å². The number of benzene rings is 2. The molecule has 0 spiro atoms. The molecule has 33 heavy (non-hydrogen) atoms. The summed E-state index contributed by atoms with van der Waals surface area (Å²) in [4.78, 5) is 35.0. The van der Waals surface area contributed by atoms with Crippen molar-refractivity contribution in [3.8, 4) is 0 Å². The number of hydrogen-bond donors (Lipinski definition) is 1. The molecule has 8 heteroatoms. The van der Waals surface area contributed by atoms with Gasteiger partial charge in [0.05, 0.1) is 6.54 Å². The summed E-state index contributed by atoms with van der Waals surface area (Å²) in [6, 6.07) is 15.6. The molecular weight excluding hydrogens is 416 g/mol. The van der Waals surface area contributed by atoms with Crippen LogP contribution in [0.15, 0.2) is 53.3 Å². The second-order valence-electron chi connectivity index (χ2n) is 8.73. The van der Waals surface area contributed by atoms with Crippen LogP contribution in [0.1, 0.15) is 51.6 Å². The molecule has 1 fully saturated rings. The first kappa shape index (κ1) is 21.1. The summed E-state index contributed by atoms with van der Waals surface area (Å²) in [5.41, 5.74) is 4.62. The van der Waals surface area contributed by atoms with Crippen LogP contribution in [0, 0.1) is 13.8 Å². The number of hydrogen-bond acceptors (Lipinski definition) is 5. The first-order chi connectivity index (χ1) is 16.0. The molecule has 0 aliphatic carbocycles. The van der Waals surface area contributed by atoms with Gasteiger partial charge in [0, 0.05) is 24.6 Å². The highest BCUT2D eigenvalue weighted by molar-refractivity contribution is 5.94. The molecule has 2 aromatic heterocycles. The van der Waals surface area contributed by atoms with Crippen molar-refractivity contribution in [3.05, 3.63) is 87.0 Å². The minimum absolute atomic E-state index is 0.0433. The predicted molar refractivity (Wildman–Crippen MR) is 125 cm³/mol. The van der Waals surface area contributed by atoms with Gasteiger partial charge in [-0.2, -0.15) is 0 Å². The molecule has 8 nitrogen and oxygen atoms in total. The van der Waals surface area contributed by atoms with E-state index in [2.05, 4.69) is 47.3 Å². The number of carbonyl (C=O) groups is 1. The van der Waals surface area contributed by atoms with Gasteiger partial charge in [0.2, 0.25) is 0 Å². The molecule has 5 rings (SSSR count). The summed E-state index contributed by atoms with van der Waals surface area (Å²) in [6.07, 6.45) is 1.48. The van der Waals surface area contributed by atoms with E-state index in [1.54, 1.807) is 4.68 Å². The Hall–Kier alpha value is -3.81. The lowest BCUT2D eigenvalue weighted by molar-refractivity contribution is 0.0711. The lowest BCUT2D eigenvalue weighted by atomic mass is 9.95. The smallest absolute Gasteiger partial charge is 0.281 e. The van der Waals surface area contributed by atoms with Crippen molar-refractivity contribution in [2.75, 3.05) is 13.1 Å². The molecule has 0 saturated carbocycles. The Morgan fingerprint density at radius 3 is 2.61 bits per heavy atom. The van der Waals surface area contributed by atoms with Crippen LogP contribution in [0.4, 0.5) is 0 Å². The van der Waals surface area contributed by atoms with Crippen molar-refractivity contribution >= 4 is 17.1 Å². The lowest BCUT2D eigenvalue weighted by Gasteiger charge is -2.31. The number of nitrogens with one attached hydrogen (secondary N) is 1. The second kappa shape index (κ2) is 8.61. The number of piperidine rings is 1. The molecule has 1 aliphatic heterocycles. The molecule has 3 heterocycles. The highest BCUT2D eigenvalue weighted by Gasteiger charge is 2.27. The van der Waals surface area contributed by atoms with Gasteiger partial charge in [-0.3, -0.25) is 9.59 Å². The van der Waals surface area contributed by atoms with Crippen LogP contribution in [0.2, 0.25) is 0 Å². The maximum atomic E-state index is 12.7. The molecule has 168 valence electrons. The zero-order valence-corrected chi connectivity index (χ0v) is 18.8. The van der Waals surface area contributed by atoms with Gasteiger partial charge in [0.25, 0.3) is 11.5 Å². The zero-order valence-electron chi connectivity index (χ0n) is 18.8. The van der Waals surface area contributed by atoms with Crippen molar-refractivity contribution < 1.29 is 4.79 Å². The average Bonchev–Trinajstić information content (AvgIpc) is 3.25. The number of H-pyrrole nitrogens is 1. The monoisotopic (exact) mass is 442 g/mol. The number of aromatic nitrogens is 5. The Kier molecular flexibility index (Phi) is 5.50. The Morgan fingerprint density at radius 1 is 1.09 bits per heavy atom. The van der Waals surface area contributed by atoms with Gasteiger partial charge >= 0.3 is 0 Å². The van der Waals surface area contributed by atoms with Crippen LogP contribution in [-0.4, -0.2) is 48.9 Å². The largest absolute Gasteiger partial charge is 0.339 e. The number of nitrogens with zero attached hydrogens (tertiary/aromatic N) is 5. The minimum atomic E-state index is -0.273. The van der Waals surface area contributed by atoms with Gasteiger partial charge in [-0.1, -0.05) is 47.2 Å². The van der Waals surface area contributed by atoms with Crippen LogP contribution >= 0.6 is 0 Å². The van der Waals surface area contributed by atoms with Gasteiger partial charge in [-0.15, -0.1) is 5.10 Å². The van der Waals surface area contributed by atoms with Crippen LogP contribution in [-0.2, 0) is 6.54 Å². The average molecular weight is 443 g/mol. The highest BCUT2D eigenvalue weighted by atomic mass is 16.2. The number of fused-ring (bicyclic) bond motifs is 1. The van der Waals surface area contributed by atoms with Crippen LogP contribution in [0.5, 0.6) is 0 Å². The highest BCUT2D eigenvalue weighted by Crippen LogP contribution is 2.26. The Labute approximate surface area is 191 Å². The third kappa shape index (κ3) is 4.16. The number of aromatic amines is 1. The van der Waals surface area contributed by atoms with E-state index in [0.717, 1.165) is 24.0 Å². The fourth-order valence-electron chi connectivity index (χ4n) is 4.43. The molecule has 1 amide bonds. The lowest BCUT2D eigenvalue weighted by Crippen LogP contribution is -2.38. The van der Waals surface area contributed by atoms with Crippen LogP contribution in [0.25, 0.3) is 11.2 Å². The molecule has 0 bridgehead atoms. The number of aryl methyl sites for hydroxylation is 2. The summed E-state index contributed by atoms with van der Waals surface area (Å²) in [7, 11) is 0. The third-order valence-electron chi connectivity index (χ3n) is 6.41. The number of likely N-dealkylation sites (tertiary alicyclic amines) is 1. The Balaban J connectivity index is 1.37. The van der Waals surface area contributed by atoms with Crippen molar-refractivity contribution in [3.63, 3.8) is 0 Å². The van der Waals surface area contributed by atoms with Crippen LogP contribution in [0.3, 0.4) is 0 Å². The first-order valence-corrected chi connectivity index (χ1v) is 11.2. The van der Waals surface area contributed by atoms with E-state index in [1.165, 1.54) is 5.56 Å². The molecule has 0 radical (unpaired) electrons. The van der Waals surface area contributed by atoms with Gasteiger partial charge < -0.3 is 9.88 Å². The molecule has 0 unspecified atom stereocenters. The molecular formula is C25H26N6O2. The van der Waals surface area contributed by atoms with E-state index in [1.807, 2.05) is 35.2 Å². The van der Waals surface area contributed by atoms with E-state index in [9.17, 15) is 9.59 Å². The summed E-state index contributed by atoms with van der Waals surface area (Å²) < 4.78 is 1.70. The maximum absolute atomic E-state index is 12.7. The van der Waals surface area contributed by atoms with Gasteiger partial charge in [-0.25, -0.2) is 9.67 Å². The molecule has 1 N–H and O–H groups in total. The minimum Gasteiger partial charge on any atom is -0.339 e. The molecule has 1 saturated heterocycles. The van der Waals surface area contributed by atoms with Crippen molar-refractivity contribution in [2.45, 2.75) is 39.2 Å². The predicted octanol–water partition coefficient (Wildman–Crippen LogP) is 3.20. The van der Waals surface area contributed by atoms with Crippen molar-refractivity contribution in [1.82, 2.24) is 29.9 Å². The van der Waals surface area contributed by atoms with Gasteiger partial charge in [0.1, 0.15) is 5.82 Å². The van der Waals surface area contributed by atoms with E-state index >= 15 is 0 Å². The zero-order chi connectivity index (χ0) is 22.9. The summed E-state index contributed by atoms with van der Waals surface area (Å²) in [5, 5.41) is 8.28. The number of carbonyl (C=O) groups excluding carboxylic acids is 1. The first-order valence-electron chi connectivity index (χ1n) is 11.2. The fraction of sp³-hybridized carbons (Fsp3) is 0.320. The van der Waals surface area contributed by atoms with E-state index in [-0.39, 0.29) is 22.9 Å². The third-order valence-corrected chi connectivity index (χ3v) is 6.41. The van der Waals surface area contributed by atoms with E-state index in [0.29, 0.717) is 36.7 Å².